The van der Waals surface area contributed by atoms with Gasteiger partial charge in [0, 0.05) is 11.0 Å². The largest absolute Gasteiger partial charge is 0.507 e. The van der Waals surface area contributed by atoms with Crippen LogP contribution in [-0.2, 0) is 6.42 Å². The number of carbonyl (C=O) groups is 2. The molecule has 0 spiro atoms. The van der Waals surface area contributed by atoms with E-state index >= 15 is 0 Å². The van der Waals surface area contributed by atoms with Crippen LogP contribution >= 0.6 is 0 Å². The van der Waals surface area contributed by atoms with Gasteiger partial charge in [0.25, 0.3) is 0 Å². The van der Waals surface area contributed by atoms with Crippen LogP contribution in [0, 0.1) is 0 Å². The number of phenolic OH excluding ortho intramolecular Hbond substituents is 2. The van der Waals surface area contributed by atoms with Crippen molar-refractivity contribution in [3.63, 3.8) is 0 Å². The molecule has 1 aliphatic carbocycles. The predicted octanol–water partition coefficient (Wildman–Crippen LogP) is 3.98. The second-order valence-electron chi connectivity index (χ2n) is 6.02. The number of carbonyl (C=O) groups excluding carboxylic acids is 2. The molecule has 5 heteroatoms. The number of nitrogens with one attached hydrogen (secondary N) is 1. The number of aromatic amines is 1. The first-order valence-electron chi connectivity index (χ1n) is 8.23. The van der Waals surface area contributed by atoms with Crippen molar-refractivity contribution in [2.24, 2.45) is 0 Å². The van der Waals surface area contributed by atoms with Crippen molar-refractivity contribution in [3.05, 3.63) is 59.2 Å². The Morgan fingerprint density at radius 3 is 1.96 bits per heavy atom. The van der Waals surface area contributed by atoms with Gasteiger partial charge in [0.2, 0.25) is 0 Å². The fourth-order valence-corrected chi connectivity index (χ4v) is 2.92. The minimum absolute atomic E-state index is 0.127. The molecule has 4 rings (SSSR count). The summed E-state index contributed by atoms with van der Waals surface area (Å²) in [5, 5.41) is 18.7. The molecule has 5 nitrogen and oxygen atoms in total. The van der Waals surface area contributed by atoms with Crippen LogP contribution in [0.3, 0.4) is 0 Å². The number of aryl methyl sites for hydroxylation is 1. The molecule has 0 amide bonds. The number of aromatic nitrogens is 1. The molecule has 0 atom stereocenters. The predicted molar refractivity (Wildman–Crippen MR) is 95.7 cm³/mol. The summed E-state index contributed by atoms with van der Waals surface area (Å²) in [5.74, 6) is -1.54. The summed E-state index contributed by atoms with van der Waals surface area (Å²) in [7, 11) is 0. The highest BCUT2D eigenvalue weighted by Gasteiger charge is 2.25. The van der Waals surface area contributed by atoms with Crippen LogP contribution < -0.4 is 0 Å². The number of unbranched alkanes of at least 4 members (excludes halogenated alkanes) is 1. The van der Waals surface area contributed by atoms with E-state index in [-0.39, 0.29) is 22.6 Å². The highest BCUT2D eigenvalue weighted by Crippen LogP contribution is 2.32. The summed E-state index contributed by atoms with van der Waals surface area (Å²) in [4.78, 5) is 25.9. The van der Waals surface area contributed by atoms with E-state index in [2.05, 4.69) is 30.1 Å². The normalized spacial score (nSPS) is 13.0. The van der Waals surface area contributed by atoms with E-state index in [1.54, 1.807) is 0 Å². The number of ketones is 2. The number of benzene rings is 2. The summed E-state index contributed by atoms with van der Waals surface area (Å²) >= 11 is 0. The Hall–Kier alpha value is -3.08. The molecule has 25 heavy (non-hydrogen) atoms. The standard InChI is InChI=1S/C10H13N.C10H6O4/c1-2-3-4-8-7-9-5-6-10(8)11-9;11-5-1-2-6(12)10-8(14)4-3-7(13)9(5)10/h5-7,11H,2-4H2,1H3;1-4,11-12H. The molecule has 0 saturated heterocycles. The Balaban J connectivity index is 0.000000150. The van der Waals surface area contributed by atoms with Crippen LogP contribution in [0.15, 0.2) is 42.5 Å². The van der Waals surface area contributed by atoms with Crippen molar-refractivity contribution < 1.29 is 19.8 Å². The van der Waals surface area contributed by atoms with Crippen molar-refractivity contribution in [2.45, 2.75) is 26.2 Å². The molecule has 128 valence electrons. The van der Waals surface area contributed by atoms with Crippen molar-refractivity contribution in [1.29, 1.82) is 0 Å². The number of hydrogen-bond donors (Lipinski definition) is 3. The lowest BCUT2D eigenvalue weighted by atomic mass is 9.93. The van der Waals surface area contributed by atoms with Crippen LogP contribution in [0.25, 0.3) is 11.0 Å². The highest BCUT2D eigenvalue weighted by atomic mass is 16.3. The van der Waals surface area contributed by atoms with Crippen LogP contribution in [-0.4, -0.2) is 26.8 Å². The van der Waals surface area contributed by atoms with E-state index < -0.39 is 11.6 Å². The van der Waals surface area contributed by atoms with E-state index in [9.17, 15) is 19.8 Å². The van der Waals surface area contributed by atoms with Gasteiger partial charge in [0.1, 0.15) is 11.5 Å². The number of rotatable bonds is 3. The van der Waals surface area contributed by atoms with E-state index in [0.717, 1.165) is 12.2 Å². The number of fused-ring (bicyclic) bond motifs is 3. The summed E-state index contributed by atoms with van der Waals surface area (Å²) < 4.78 is 0. The van der Waals surface area contributed by atoms with Crippen LogP contribution in [0.1, 0.15) is 46.0 Å². The smallest absolute Gasteiger partial charge is 0.190 e. The van der Waals surface area contributed by atoms with Gasteiger partial charge in [0.05, 0.1) is 11.1 Å². The van der Waals surface area contributed by atoms with Crippen molar-refractivity contribution in [1.82, 2.24) is 4.98 Å². The first-order valence-corrected chi connectivity index (χ1v) is 8.23. The lowest BCUT2D eigenvalue weighted by molar-refractivity contribution is 0.0989. The van der Waals surface area contributed by atoms with Gasteiger partial charge < -0.3 is 15.2 Å². The van der Waals surface area contributed by atoms with Gasteiger partial charge in [-0.3, -0.25) is 9.59 Å². The highest BCUT2D eigenvalue weighted by molar-refractivity contribution is 6.24. The first kappa shape index (κ1) is 16.8. The van der Waals surface area contributed by atoms with Gasteiger partial charge in [-0.25, -0.2) is 0 Å². The van der Waals surface area contributed by atoms with Gasteiger partial charge in [0.15, 0.2) is 11.6 Å². The molecule has 0 saturated carbocycles. The Morgan fingerprint density at radius 1 is 0.920 bits per heavy atom. The SMILES string of the molecule is CCCCc1cc2ccc1[nH]2.O=C1C=CC(=O)c2c(O)ccc(O)c21. The number of hydrogen-bond acceptors (Lipinski definition) is 4. The fraction of sp³-hybridized carbons (Fsp3) is 0.200. The Kier molecular flexibility index (Phi) is 4.57. The zero-order valence-electron chi connectivity index (χ0n) is 13.9. The average molecular weight is 337 g/mol. The number of H-pyrrole nitrogens is 1. The van der Waals surface area contributed by atoms with E-state index in [0.29, 0.717) is 0 Å². The molecular formula is C20H19NO4. The summed E-state index contributed by atoms with van der Waals surface area (Å²) in [6, 6.07) is 8.91. The number of aromatic hydroxyl groups is 2. The third kappa shape index (κ3) is 3.26. The molecule has 1 aromatic carbocycles. The van der Waals surface area contributed by atoms with Crippen LogP contribution in [0.4, 0.5) is 0 Å². The minimum atomic E-state index is -0.479. The molecule has 0 fully saturated rings. The molecular weight excluding hydrogens is 318 g/mol. The second kappa shape index (κ2) is 6.81. The van der Waals surface area contributed by atoms with E-state index in [4.69, 9.17) is 0 Å². The summed E-state index contributed by atoms with van der Waals surface area (Å²) in [6.45, 7) is 2.23. The molecule has 2 heterocycles. The first-order chi connectivity index (χ1) is 12.0. The third-order valence-corrected chi connectivity index (χ3v) is 4.22. The van der Waals surface area contributed by atoms with Gasteiger partial charge in [-0.05, 0) is 60.9 Å². The third-order valence-electron chi connectivity index (χ3n) is 4.22. The van der Waals surface area contributed by atoms with Crippen LogP contribution in [0.2, 0.25) is 0 Å². The molecule has 2 bridgehead atoms. The zero-order valence-corrected chi connectivity index (χ0v) is 13.9. The maximum absolute atomic E-state index is 11.3. The van der Waals surface area contributed by atoms with Crippen LogP contribution in [0.5, 0.6) is 11.5 Å². The molecule has 3 N–H and O–H groups in total. The van der Waals surface area contributed by atoms with Crippen molar-refractivity contribution >= 4 is 22.6 Å². The fourth-order valence-electron chi connectivity index (χ4n) is 2.92. The minimum Gasteiger partial charge on any atom is -0.507 e. The van der Waals surface area contributed by atoms with Crippen molar-refractivity contribution in [3.8, 4) is 11.5 Å². The van der Waals surface area contributed by atoms with Gasteiger partial charge >= 0.3 is 0 Å². The molecule has 0 radical (unpaired) electrons. The molecule has 0 aliphatic heterocycles. The molecule has 0 unspecified atom stereocenters. The second-order valence-corrected chi connectivity index (χ2v) is 6.02. The Morgan fingerprint density at radius 2 is 1.52 bits per heavy atom. The topological polar surface area (TPSA) is 90.4 Å². The summed E-state index contributed by atoms with van der Waals surface area (Å²) in [5.41, 5.74) is 3.83. The van der Waals surface area contributed by atoms with E-state index in [1.165, 1.54) is 48.0 Å². The monoisotopic (exact) mass is 337 g/mol. The maximum atomic E-state index is 11.3. The van der Waals surface area contributed by atoms with Gasteiger partial charge in [-0.2, -0.15) is 0 Å². The quantitative estimate of drug-likeness (QED) is 0.631. The Labute approximate surface area is 144 Å². The Bertz CT molecular complexity index is 909. The molecule has 2 aromatic heterocycles. The van der Waals surface area contributed by atoms with Crippen molar-refractivity contribution in [2.75, 3.05) is 0 Å². The summed E-state index contributed by atoms with van der Waals surface area (Å²) in [6.07, 6.45) is 5.96. The molecule has 1 aliphatic rings. The maximum Gasteiger partial charge on any atom is 0.190 e. The lowest BCUT2D eigenvalue weighted by Crippen LogP contribution is -2.11. The lowest BCUT2D eigenvalue weighted by Gasteiger charge is -2.11. The number of allylic oxidation sites excluding steroid dienone is 2. The van der Waals surface area contributed by atoms with Gasteiger partial charge in [-0.15, -0.1) is 0 Å². The average Bonchev–Trinajstić information content (AvgIpc) is 3.22. The van der Waals surface area contributed by atoms with Gasteiger partial charge in [-0.1, -0.05) is 13.3 Å². The number of phenols is 2. The zero-order chi connectivity index (χ0) is 18.0. The van der Waals surface area contributed by atoms with E-state index in [1.807, 2.05) is 0 Å². The molecule has 3 aromatic rings.